The molecule has 7 rings (SSSR count). The fraction of sp³-hybridized carbons (Fsp3) is 0.182. The Hall–Kier alpha value is -6.46. The largest absolute Gasteiger partial charge is 0.493 e. The molecule has 0 radical (unpaired) electrons. The van der Waals surface area contributed by atoms with E-state index in [1.54, 1.807) is 0 Å². The van der Waals surface area contributed by atoms with E-state index in [2.05, 4.69) is 9.47 Å². The van der Waals surface area contributed by atoms with Crippen LogP contribution in [0.3, 0.4) is 0 Å². The van der Waals surface area contributed by atoms with E-state index in [1.807, 2.05) is 6.92 Å². The fourth-order valence-corrected chi connectivity index (χ4v) is 6.75. The Labute approximate surface area is 341 Å². The number of ether oxygens (including phenoxy) is 4. The van der Waals surface area contributed by atoms with Crippen LogP contribution in [0.25, 0.3) is 33.4 Å². The van der Waals surface area contributed by atoms with Crippen LogP contribution in [-0.4, -0.2) is 13.2 Å². The third kappa shape index (κ3) is 8.67. The molecular formula is C44H26F14O4. The third-order valence-corrected chi connectivity index (χ3v) is 9.63. The van der Waals surface area contributed by atoms with Gasteiger partial charge in [-0.3, -0.25) is 0 Å². The van der Waals surface area contributed by atoms with Crippen LogP contribution >= 0.6 is 0 Å². The Bertz CT molecular complexity index is 2430. The van der Waals surface area contributed by atoms with E-state index in [-0.39, 0.29) is 88.3 Å². The van der Waals surface area contributed by atoms with Gasteiger partial charge in [-0.1, -0.05) is 25.5 Å². The van der Waals surface area contributed by atoms with Crippen LogP contribution in [0.15, 0.2) is 84.9 Å². The molecular weight excluding hydrogens is 858 g/mol. The lowest BCUT2D eigenvalue weighted by Crippen LogP contribution is -2.25. The first kappa shape index (κ1) is 43.6. The van der Waals surface area contributed by atoms with E-state index in [4.69, 9.17) is 9.47 Å². The molecule has 1 heterocycles. The molecule has 0 atom stereocenters. The van der Waals surface area contributed by atoms with E-state index in [1.165, 1.54) is 36.4 Å². The van der Waals surface area contributed by atoms with Crippen molar-refractivity contribution in [2.45, 2.75) is 32.0 Å². The molecule has 6 aromatic carbocycles. The minimum absolute atomic E-state index is 0.00564. The second-order valence-corrected chi connectivity index (χ2v) is 14.0. The summed E-state index contributed by atoms with van der Waals surface area (Å²) in [4.78, 5) is 0. The van der Waals surface area contributed by atoms with Crippen molar-refractivity contribution >= 4 is 0 Å². The van der Waals surface area contributed by atoms with E-state index in [9.17, 15) is 26.3 Å². The molecule has 0 N–H and O–H groups in total. The number of halogens is 14. The van der Waals surface area contributed by atoms with Gasteiger partial charge in [0.15, 0.2) is 34.9 Å². The molecule has 0 saturated carbocycles. The van der Waals surface area contributed by atoms with Gasteiger partial charge in [0.05, 0.1) is 13.2 Å². The maximum absolute atomic E-state index is 15.4. The molecule has 18 heteroatoms. The van der Waals surface area contributed by atoms with Crippen molar-refractivity contribution in [3.8, 4) is 56.4 Å². The van der Waals surface area contributed by atoms with E-state index < -0.39 is 93.0 Å². The Morgan fingerprint density at radius 1 is 0.468 bits per heavy atom. The summed E-state index contributed by atoms with van der Waals surface area (Å²) < 4.78 is 224. The summed E-state index contributed by atoms with van der Waals surface area (Å²) in [5.74, 6) is -21.5. The number of hydrogen-bond acceptors (Lipinski definition) is 4. The lowest BCUT2D eigenvalue weighted by molar-refractivity contribution is -0.190. The summed E-state index contributed by atoms with van der Waals surface area (Å²) >= 11 is 0. The molecule has 0 bridgehead atoms. The topological polar surface area (TPSA) is 36.9 Å². The first-order valence-corrected chi connectivity index (χ1v) is 18.2. The second-order valence-electron chi connectivity index (χ2n) is 14.0. The highest BCUT2D eigenvalue weighted by Gasteiger charge is 2.43. The number of rotatable bonds is 10. The first-order chi connectivity index (χ1) is 29.3. The predicted octanol–water partition coefficient (Wildman–Crippen LogP) is 13.5. The molecule has 0 saturated heterocycles. The second kappa shape index (κ2) is 16.8. The van der Waals surface area contributed by atoms with Crippen molar-refractivity contribution < 1.29 is 80.4 Å². The molecule has 6 aromatic rings. The molecule has 4 nitrogen and oxygen atoms in total. The van der Waals surface area contributed by atoms with Gasteiger partial charge in [-0.05, 0) is 77.2 Å². The van der Waals surface area contributed by atoms with Gasteiger partial charge in [-0.25, -0.2) is 43.9 Å². The summed E-state index contributed by atoms with van der Waals surface area (Å²) in [5, 5.41) is 0. The molecule has 0 spiro atoms. The predicted molar refractivity (Wildman–Crippen MR) is 194 cm³/mol. The number of alkyl halides is 4. The van der Waals surface area contributed by atoms with Crippen molar-refractivity contribution in [1.82, 2.24) is 0 Å². The van der Waals surface area contributed by atoms with E-state index >= 15 is 35.1 Å². The molecule has 0 fully saturated rings. The quantitative estimate of drug-likeness (QED) is 0.101. The molecule has 0 aliphatic carbocycles. The first-order valence-electron chi connectivity index (χ1n) is 18.2. The number of hydrogen-bond donors (Lipinski definition) is 0. The standard InChI is InChI=1S/C44H26F14O4/c1-2-3-20-18-59-37-6-4-21(23-10-29(45)39(30(46)11-23)43(55,56)61-25-14-33(49)41(53)34(50)15-25)8-27(37)28-9-22(5-7-38(28)60-19-20)24-12-31(47)40(32(48)13-24)44(57,58)62-26-16-35(51)42(54)36(52)17-26/h4-17,20H,2-3,18-19H2,1H3. The van der Waals surface area contributed by atoms with Crippen LogP contribution in [0.5, 0.6) is 23.0 Å². The van der Waals surface area contributed by atoms with Crippen molar-refractivity contribution in [3.05, 3.63) is 154 Å². The van der Waals surface area contributed by atoms with Crippen molar-refractivity contribution in [1.29, 1.82) is 0 Å². The minimum atomic E-state index is -4.87. The molecule has 0 amide bonds. The SMILES string of the molecule is CCCC1COc2ccc(-c3cc(F)c(C(F)(F)Oc4cc(F)c(F)c(F)c4)c(F)c3)cc2-c2cc(-c3cc(F)c(C(F)(F)Oc4cc(F)c(F)c(F)c4)c(F)c3)ccc2OC1. The van der Waals surface area contributed by atoms with Crippen molar-refractivity contribution in [2.24, 2.45) is 5.92 Å². The zero-order valence-corrected chi connectivity index (χ0v) is 31.4. The molecule has 1 aliphatic heterocycles. The summed E-state index contributed by atoms with van der Waals surface area (Å²) in [7, 11) is 0. The van der Waals surface area contributed by atoms with Crippen LogP contribution < -0.4 is 18.9 Å². The molecule has 0 aromatic heterocycles. The van der Waals surface area contributed by atoms with Crippen LogP contribution in [0.1, 0.15) is 30.9 Å². The highest BCUT2D eigenvalue weighted by molar-refractivity contribution is 5.84. The van der Waals surface area contributed by atoms with E-state index in [0.717, 1.165) is 6.42 Å². The van der Waals surface area contributed by atoms with Gasteiger partial charge in [0.2, 0.25) is 0 Å². The number of benzene rings is 6. The lowest BCUT2D eigenvalue weighted by atomic mass is 9.93. The van der Waals surface area contributed by atoms with Gasteiger partial charge in [-0.2, -0.15) is 17.6 Å². The molecule has 62 heavy (non-hydrogen) atoms. The monoisotopic (exact) mass is 884 g/mol. The molecule has 1 aliphatic rings. The highest BCUT2D eigenvalue weighted by Crippen LogP contribution is 2.45. The summed E-state index contributed by atoms with van der Waals surface area (Å²) in [6.45, 7) is 2.15. The maximum Gasteiger partial charge on any atom is 0.432 e. The van der Waals surface area contributed by atoms with Gasteiger partial charge in [0.25, 0.3) is 0 Å². The van der Waals surface area contributed by atoms with E-state index in [0.29, 0.717) is 30.7 Å². The van der Waals surface area contributed by atoms with Crippen LogP contribution in [0, 0.1) is 64.1 Å². The summed E-state index contributed by atoms with van der Waals surface area (Å²) in [6, 6.07) is 10.4. The third-order valence-electron chi connectivity index (χ3n) is 9.63. The van der Waals surface area contributed by atoms with Crippen LogP contribution in [-0.2, 0) is 12.2 Å². The van der Waals surface area contributed by atoms with Crippen molar-refractivity contribution in [2.75, 3.05) is 13.2 Å². The average molecular weight is 885 g/mol. The number of fused-ring (bicyclic) bond motifs is 3. The highest BCUT2D eigenvalue weighted by atomic mass is 19.3. The fourth-order valence-electron chi connectivity index (χ4n) is 6.75. The van der Waals surface area contributed by atoms with Gasteiger partial charge < -0.3 is 18.9 Å². The Morgan fingerprint density at radius 3 is 1.13 bits per heavy atom. The van der Waals surface area contributed by atoms with Crippen LogP contribution in [0.4, 0.5) is 61.5 Å². The Kier molecular flexibility index (Phi) is 11.8. The smallest absolute Gasteiger partial charge is 0.432 e. The van der Waals surface area contributed by atoms with Gasteiger partial charge in [0.1, 0.15) is 57.4 Å². The van der Waals surface area contributed by atoms with Crippen molar-refractivity contribution in [3.63, 3.8) is 0 Å². The maximum atomic E-state index is 15.4. The minimum Gasteiger partial charge on any atom is -0.493 e. The van der Waals surface area contributed by atoms with Gasteiger partial charge in [0, 0.05) is 41.3 Å². The van der Waals surface area contributed by atoms with Gasteiger partial charge in [-0.15, -0.1) is 0 Å². The zero-order chi connectivity index (χ0) is 44.8. The lowest BCUT2D eigenvalue weighted by Gasteiger charge is -2.21. The zero-order valence-electron chi connectivity index (χ0n) is 31.4. The van der Waals surface area contributed by atoms with Crippen LogP contribution in [0.2, 0.25) is 0 Å². The summed E-state index contributed by atoms with van der Waals surface area (Å²) in [5.41, 5.74) is -4.26. The normalized spacial score (nSPS) is 13.3. The molecule has 324 valence electrons. The molecule has 0 unspecified atom stereocenters. The van der Waals surface area contributed by atoms with Gasteiger partial charge >= 0.3 is 12.2 Å². The average Bonchev–Trinajstić information content (AvgIpc) is 3.25. The Morgan fingerprint density at radius 2 is 0.806 bits per heavy atom. The Balaban J connectivity index is 1.27. The summed E-state index contributed by atoms with van der Waals surface area (Å²) in [6.07, 6.45) is -8.36.